The fourth-order valence-corrected chi connectivity index (χ4v) is 1.55. The van der Waals surface area contributed by atoms with E-state index in [4.69, 9.17) is 9.47 Å². The summed E-state index contributed by atoms with van der Waals surface area (Å²) in [6.45, 7) is 6.14. The first-order chi connectivity index (χ1) is 7.50. The molecule has 0 saturated carbocycles. The molecule has 0 unspecified atom stereocenters. The second-order valence-corrected chi connectivity index (χ2v) is 4.66. The number of esters is 1. The highest BCUT2D eigenvalue weighted by atomic mass is 79.9. The van der Waals surface area contributed by atoms with Crippen LogP contribution in [0.1, 0.15) is 20.8 Å². The molecule has 0 atom stereocenters. The minimum Gasteiger partial charge on any atom is -0.492 e. The standard InChI is InChI=1S/C12H15BrO3/c1-8(2)7-15-10-5-4-6-11(12(10)13)16-9(3)14/h4-6,8H,7H2,1-3H3. The summed E-state index contributed by atoms with van der Waals surface area (Å²) < 4.78 is 11.3. The zero-order chi connectivity index (χ0) is 12.1. The van der Waals surface area contributed by atoms with Crippen LogP contribution in [0.25, 0.3) is 0 Å². The maximum atomic E-state index is 10.9. The Balaban J connectivity index is 2.81. The van der Waals surface area contributed by atoms with Crippen molar-refractivity contribution in [2.45, 2.75) is 20.8 Å². The lowest BCUT2D eigenvalue weighted by Crippen LogP contribution is -2.06. The smallest absolute Gasteiger partial charge is 0.308 e. The van der Waals surface area contributed by atoms with Crippen molar-refractivity contribution < 1.29 is 14.3 Å². The van der Waals surface area contributed by atoms with Crippen LogP contribution in [0.15, 0.2) is 22.7 Å². The third-order valence-corrected chi connectivity index (χ3v) is 2.54. The molecule has 88 valence electrons. The lowest BCUT2D eigenvalue weighted by molar-refractivity contribution is -0.131. The van der Waals surface area contributed by atoms with Gasteiger partial charge in [-0.3, -0.25) is 4.79 Å². The van der Waals surface area contributed by atoms with Crippen molar-refractivity contribution in [1.82, 2.24) is 0 Å². The summed E-state index contributed by atoms with van der Waals surface area (Å²) in [5.74, 6) is 1.27. The van der Waals surface area contributed by atoms with E-state index in [1.165, 1.54) is 6.92 Å². The highest BCUT2D eigenvalue weighted by Crippen LogP contribution is 2.34. The normalized spacial score (nSPS) is 10.3. The van der Waals surface area contributed by atoms with Gasteiger partial charge in [0.2, 0.25) is 0 Å². The Hall–Kier alpha value is -1.03. The maximum absolute atomic E-state index is 10.9. The molecule has 0 bridgehead atoms. The minimum atomic E-state index is -0.346. The van der Waals surface area contributed by atoms with E-state index in [1.807, 2.05) is 6.07 Å². The quantitative estimate of drug-likeness (QED) is 0.629. The lowest BCUT2D eigenvalue weighted by Gasteiger charge is -2.12. The molecule has 3 nitrogen and oxygen atoms in total. The molecule has 16 heavy (non-hydrogen) atoms. The van der Waals surface area contributed by atoms with Gasteiger partial charge in [0.25, 0.3) is 0 Å². The average Bonchev–Trinajstić information content (AvgIpc) is 2.18. The molecular formula is C12H15BrO3. The van der Waals surface area contributed by atoms with Gasteiger partial charge in [-0.05, 0) is 34.0 Å². The van der Waals surface area contributed by atoms with Gasteiger partial charge in [0.15, 0.2) is 0 Å². The molecule has 0 heterocycles. The second-order valence-electron chi connectivity index (χ2n) is 3.87. The largest absolute Gasteiger partial charge is 0.492 e. The summed E-state index contributed by atoms with van der Waals surface area (Å²) >= 11 is 3.36. The van der Waals surface area contributed by atoms with Gasteiger partial charge in [0.1, 0.15) is 16.0 Å². The second kappa shape index (κ2) is 5.89. The van der Waals surface area contributed by atoms with Gasteiger partial charge in [0, 0.05) is 6.92 Å². The van der Waals surface area contributed by atoms with Crippen LogP contribution in [0.4, 0.5) is 0 Å². The SMILES string of the molecule is CC(=O)Oc1cccc(OCC(C)C)c1Br. The van der Waals surface area contributed by atoms with Crippen LogP contribution in [0, 0.1) is 5.92 Å². The van der Waals surface area contributed by atoms with E-state index in [-0.39, 0.29) is 5.97 Å². The highest BCUT2D eigenvalue weighted by Gasteiger charge is 2.09. The summed E-state index contributed by atoms with van der Waals surface area (Å²) in [6, 6.07) is 5.34. The van der Waals surface area contributed by atoms with Crippen LogP contribution in [-0.2, 0) is 4.79 Å². The molecule has 0 amide bonds. The molecular weight excluding hydrogens is 272 g/mol. The van der Waals surface area contributed by atoms with Crippen LogP contribution in [0.5, 0.6) is 11.5 Å². The van der Waals surface area contributed by atoms with Crippen molar-refractivity contribution in [3.05, 3.63) is 22.7 Å². The third-order valence-electron chi connectivity index (χ3n) is 1.75. The zero-order valence-corrected chi connectivity index (χ0v) is 11.2. The molecule has 4 heteroatoms. The van der Waals surface area contributed by atoms with Crippen molar-refractivity contribution in [2.24, 2.45) is 5.92 Å². The van der Waals surface area contributed by atoms with Gasteiger partial charge in [-0.2, -0.15) is 0 Å². The number of hydrogen-bond acceptors (Lipinski definition) is 3. The summed E-state index contributed by atoms with van der Waals surface area (Å²) in [6.07, 6.45) is 0. The van der Waals surface area contributed by atoms with Gasteiger partial charge >= 0.3 is 5.97 Å². The predicted molar refractivity (Wildman–Crippen MR) is 65.8 cm³/mol. The maximum Gasteiger partial charge on any atom is 0.308 e. The topological polar surface area (TPSA) is 35.5 Å². The number of carbonyl (C=O) groups excluding carboxylic acids is 1. The monoisotopic (exact) mass is 286 g/mol. The number of benzene rings is 1. The number of ether oxygens (including phenoxy) is 2. The number of hydrogen-bond donors (Lipinski definition) is 0. The molecule has 0 aliphatic heterocycles. The Morgan fingerprint density at radius 2 is 2.00 bits per heavy atom. The molecule has 1 aromatic rings. The van der Waals surface area contributed by atoms with Crippen molar-refractivity contribution in [2.75, 3.05) is 6.61 Å². The first-order valence-electron chi connectivity index (χ1n) is 5.10. The Kier molecular flexibility index (Phi) is 4.80. The Labute approximate surface area is 104 Å². The molecule has 0 spiro atoms. The first-order valence-corrected chi connectivity index (χ1v) is 5.89. The Morgan fingerprint density at radius 3 is 2.56 bits per heavy atom. The third kappa shape index (κ3) is 3.85. The molecule has 0 aliphatic carbocycles. The van der Waals surface area contributed by atoms with E-state index >= 15 is 0 Å². The molecule has 0 radical (unpaired) electrons. The first kappa shape index (κ1) is 13.0. The fraction of sp³-hybridized carbons (Fsp3) is 0.417. The van der Waals surface area contributed by atoms with Gasteiger partial charge in [0.05, 0.1) is 6.61 Å². The van der Waals surface area contributed by atoms with Crippen LogP contribution < -0.4 is 9.47 Å². The van der Waals surface area contributed by atoms with Gasteiger partial charge in [-0.1, -0.05) is 19.9 Å². The summed E-state index contributed by atoms with van der Waals surface area (Å²) in [5, 5.41) is 0. The van der Waals surface area contributed by atoms with Crippen molar-refractivity contribution in [3.8, 4) is 11.5 Å². The van der Waals surface area contributed by atoms with E-state index in [1.54, 1.807) is 12.1 Å². The number of halogens is 1. The molecule has 0 N–H and O–H groups in total. The van der Waals surface area contributed by atoms with Gasteiger partial charge < -0.3 is 9.47 Å². The zero-order valence-electron chi connectivity index (χ0n) is 9.62. The molecule has 0 fully saturated rings. The van der Waals surface area contributed by atoms with E-state index in [9.17, 15) is 4.79 Å². The summed E-state index contributed by atoms with van der Waals surface area (Å²) in [4.78, 5) is 10.9. The molecule has 1 aromatic carbocycles. The van der Waals surface area contributed by atoms with Crippen molar-refractivity contribution >= 4 is 21.9 Å². The highest BCUT2D eigenvalue weighted by molar-refractivity contribution is 9.10. The van der Waals surface area contributed by atoms with E-state index in [2.05, 4.69) is 29.8 Å². The van der Waals surface area contributed by atoms with Crippen LogP contribution in [0.3, 0.4) is 0 Å². The van der Waals surface area contributed by atoms with Gasteiger partial charge in [-0.15, -0.1) is 0 Å². The predicted octanol–water partition coefficient (Wildman–Crippen LogP) is 3.41. The van der Waals surface area contributed by atoms with E-state index in [0.29, 0.717) is 28.5 Å². The number of carbonyl (C=O) groups is 1. The van der Waals surface area contributed by atoms with Crippen molar-refractivity contribution in [3.63, 3.8) is 0 Å². The number of rotatable bonds is 4. The average molecular weight is 287 g/mol. The molecule has 1 rings (SSSR count). The summed E-state index contributed by atoms with van der Waals surface area (Å²) in [7, 11) is 0. The van der Waals surface area contributed by atoms with E-state index < -0.39 is 0 Å². The van der Waals surface area contributed by atoms with E-state index in [0.717, 1.165) is 0 Å². The summed E-state index contributed by atoms with van der Waals surface area (Å²) in [5.41, 5.74) is 0. The molecule has 0 aromatic heterocycles. The molecule has 0 aliphatic rings. The minimum absolute atomic E-state index is 0.346. The van der Waals surface area contributed by atoms with Crippen LogP contribution >= 0.6 is 15.9 Å². The fourth-order valence-electron chi connectivity index (χ4n) is 1.09. The molecule has 0 saturated heterocycles. The van der Waals surface area contributed by atoms with Crippen LogP contribution in [0.2, 0.25) is 0 Å². The Bertz CT molecular complexity index is 375. The van der Waals surface area contributed by atoms with Crippen LogP contribution in [-0.4, -0.2) is 12.6 Å². The van der Waals surface area contributed by atoms with Crippen molar-refractivity contribution in [1.29, 1.82) is 0 Å². The lowest BCUT2D eigenvalue weighted by atomic mass is 10.2. The van der Waals surface area contributed by atoms with Gasteiger partial charge in [-0.25, -0.2) is 0 Å². The Morgan fingerprint density at radius 1 is 1.38 bits per heavy atom.